The summed E-state index contributed by atoms with van der Waals surface area (Å²) in [7, 11) is 0. The average molecular weight is 410 g/mol. The molecule has 0 spiro atoms. The number of piperazine rings is 1. The van der Waals surface area contributed by atoms with Crippen molar-refractivity contribution >= 4 is 23.2 Å². The summed E-state index contributed by atoms with van der Waals surface area (Å²) in [4.78, 5) is 29.5. The first kappa shape index (κ1) is 20.4. The second-order valence-corrected chi connectivity index (χ2v) is 8.50. The van der Waals surface area contributed by atoms with Crippen LogP contribution in [0.15, 0.2) is 36.4 Å². The summed E-state index contributed by atoms with van der Waals surface area (Å²) in [5, 5.41) is 2.83. The molecule has 1 heterocycles. The molecule has 5 nitrogen and oxygen atoms in total. The number of hydrogen-bond acceptors (Lipinski definition) is 3. The minimum atomic E-state index is -0.481. The lowest BCUT2D eigenvalue weighted by Crippen LogP contribution is -2.49. The van der Waals surface area contributed by atoms with Crippen LogP contribution < -0.4 is 10.2 Å². The molecule has 6 heteroatoms. The highest BCUT2D eigenvalue weighted by atomic mass is 19.1. The number of nitrogens with zero attached hydrogens (tertiary/aromatic N) is 2. The van der Waals surface area contributed by atoms with Crippen LogP contribution in [0, 0.1) is 31.5 Å². The molecule has 158 valence electrons. The van der Waals surface area contributed by atoms with Crippen molar-refractivity contribution in [2.24, 2.45) is 11.8 Å². The van der Waals surface area contributed by atoms with E-state index in [4.69, 9.17) is 0 Å². The fourth-order valence-electron chi connectivity index (χ4n) is 4.11. The van der Waals surface area contributed by atoms with E-state index < -0.39 is 5.82 Å². The first-order valence-corrected chi connectivity index (χ1v) is 10.6. The molecular formula is C24H28FN3O2. The van der Waals surface area contributed by atoms with Gasteiger partial charge < -0.3 is 15.1 Å². The minimum Gasteiger partial charge on any atom is -0.368 e. The van der Waals surface area contributed by atoms with Crippen molar-refractivity contribution in [2.75, 3.05) is 36.4 Å². The Morgan fingerprint density at radius 3 is 2.43 bits per heavy atom. The molecular weight excluding hydrogens is 381 g/mol. The molecule has 1 N–H and O–H groups in total. The summed E-state index contributed by atoms with van der Waals surface area (Å²) in [5.41, 5.74) is 4.30. The molecule has 2 amide bonds. The van der Waals surface area contributed by atoms with Gasteiger partial charge >= 0.3 is 0 Å². The number of halogens is 1. The topological polar surface area (TPSA) is 52.6 Å². The third kappa shape index (κ3) is 4.04. The molecule has 0 aromatic heterocycles. The van der Waals surface area contributed by atoms with Gasteiger partial charge in [-0.05, 0) is 61.6 Å². The molecule has 2 atom stereocenters. The van der Waals surface area contributed by atoms with Crippen LogP contribution in [0.5, 0.6) is 0 Å². The standard InChI is InChI=1S/C24H28FN3O2/c1-15-5-4-6-22(17(15)3)27-9-11-28(12-10-27)24(30)20-14-18(25)7-8-21(20)26-23(29)19-13-16(19)2/h4-8,14,16,19H,9-13H2,1-3H3,(H,26,29)/t16-,19+/m0/s1. The Morgan fingerprint density at radius 2 is 1.77 bits per heavy atom. The molecule has 0 unspecified atom stereocenters. The van der Waals surface area contributed by atoms with E-state index in [1.165, 1.54) is 35.0 Å². The molecule has 1 saturated heterocycles. The fraction of sp³-hybridized carbons (Fsp3) is 0.417. The Labute approximate surface area is 176 Å². The Bertz CT molecular complexity index is 982. The predicted octanol–water partition coefficient (Wildman–Crippen LogP) is 4.00. The maximum absolute atomic E-state index is 13.9. The van der Waals surface area contributed by atoms with Crippen molar-refractivity contribution in [3.8, 4) is 0 Å². The lowest BCUT2D eigenvalue weighted by molar-refractivity contribution is -0.117. The van der Waals surface area contributed by atoms with Gasteiger partial charge in [0.25, 0.3) is 5.91 Å². The van der Waals surface area contributed by atoms with Crippen molar-refractivity contribution in [2.45, 2.75) is 27.2 Å². The van der Waals surface area contributed by atoms with Crippen molar-refractivity contribution in [1.82, 2.24) is 4.90 Å². The van der Waals surface area contributed by atoms with E-state index in [1.54, 1.807) is 4.90 Å². The number of carbonyl (C=O) groups is 2. The Morgan fingerprint density at radius 1 is 1.07 bits per heavy atom. The molecule has 1 saturated carbocycles. The monoisotopic (exact) mass is 409 g/mol. The Hall–Kier alpha value is -2.89. The van der Waals surface area contributed by atoms with Crippen molar-refractivity contribution in [1.29, 1.82) is 0 Å². The number of aryl methyl sites for hydroxylation is 1. The second-order valence-electron chi connectivity index (χ2n) is 8.50. The van der Waals surface area contributed by atoms with Crippen LogP contribution in [0.3, 0.4) is 0 Å². The van der Waals surface area contributed by atoms with Gasteiger partial charge in [-0.15, -0.1) is 0 Å². The number of hydrogen-bond donors (Lipinski definition) is 1. The molecule has 2 aromatic carbocycles. The average Bonchev–Trinajstić information content (AvgIpc) is 3.48. The van der Waals surface area contributed by atoms with E-state index in [2.05, 4.69) is 42.3 Å². The maximum Gasteiger partial charge on any atom is 0.256 e. The van der Waals surface area contributed by atoms with E-state index >= 15 is 0 Å². The smallest absolute Gasteiger partial charge is 0.256 e. The number of nitrogens with one attached hydrogen (secondary N) is 1. The van der Waals surface area contributed by atoms with Crippen LogP contribution in [0.25, 0.3) is 0 Å². The summed E-state index contributed by atoms with van der Waals surface area (Å²) < 4.78 is 13.9. The van der Waals surface area contributed by atoms with Gasteiger partial charge in [0.2, 0.25) is 5.91 Å². The number of anilines is 2. The largest absolute Gasteiger partial charge is 0.368 e. The van der Waals surface area contributed by atoms with E-state index in [9.17, 15) is 14.0 Å². The Kier molecular flexibility index (Phi) is 5.50. The Balaban J connectivity index is 1.47. The molecule has 2 aliphatic rings. The molecule has 30 heavy (non-hydrogen) atoms. The van der Waals surface area contributed by atoms with Gasteiger partial charge in [-0.2, -0.15) is 0 Å². The SMILES string of the molecule is Cc1cccc(N2CCN(C(=O)c3cc(F)ccc3NC(=O)[C@@H]3C[C@@H]3C)CC2)c1C. The van der Waals surface area contributed by atoms with Gasteiger partial charge in [0.15, 0.2) is 0 Å². The van der Waals surface area contributed by atoms with E-state index in [0.717, 1.165) is 6.42 Å². The number of carbonyl (C=O) groups excluding carboxylic acids is 2. The third-order valence-corrected chi connectivity index (χ3v) is 6.40. The molecule has 2 aromatic rings. The summed E-state index contributed by atoms with van der Waals surface area (Å²) in [6.07, 6.45) is 0.858. The van der Waals surface area contributed by atoms with Crippen LogP contribution in [0.2, 0.25) is 0 Å². The highest BCUT2D eigenvalue weighted by Crippen LogP contribution is 2.38. The van der Waals surface area contributed by atoms with Crippen LogP contribution in [-0.4, -0.2) is 42.9 Å². The molecule has 1 aliphatic carbocycles. The van der Waals surface area contributed by atoms with Crippen LogP contribution in [0.1, 0.15) is 34.8 Å². The number of amides is 2. The molecule has 0 bridgehead atoms. The van der Waals surface area contributed by atoms with E-state index in [1.807, 2.05) is 6.92 Å². The van der Waals surface area contributed by atoms with Crippen molar-refractivity contribution in [3.05, 3.63) is 58.9 Å². The summed E-state index contributed by atoms with van der Waals surface area (Å²) in [6, 6.07) is 10.3. The molecule has 1 aliphatic heterocycles. The highest BCUT2D eigenvalue weighted by molar-refractivity contribution is 6.04. The lowest BCUT2D eigenvalue weighted by Gasteiger charge is -2.37. The number of rotatable bonds is 4. The second kappa shape index (κ2) is 8.09. The van der Waals surface area contributed by atoms with Crippen molar-refractivity contribution in [3.63, 3.8) is 0 Å². The lowest BCUT2D eigenvalue weighted by atomic mass is 10.1. The zero-order valence-electron chi connectivity index (χ0n) is 17.7. The summed E-state index contributed by atoms with van der Waals surface area (Å²) in [6.45, 7) is 8.77. The first-order chi connectivity index (χ1) is 14.3. The molecule has 4 rings (SSSR count). The van der Waals surface area contributed by atoms with Gasteiger partial charge in [0.05, 0.1) is 11.3 Å². The maximum atomic E-state index is 13.9. The van der Waals surface area contributed by atoms with Crippen LogP contribution in [0.4, 0.5) is 15.8 Å². The highest BCUT2D eigenvalue weighted by Gasteiger charge is 2.39. The van der Waals surface area contributed by atoms with Gasteiger partial charge in [-0.1, -0.05) is 19.1 Å². The third-order valence-electron chi connectivity index (χ3n) is 6.40. The zero-order chi connectivity index (χ0) is 21.4. The van der Waals surface area contributed by atoms with Gasteiger partial charge in [0.1, 0.15) is 5.82 Å². The predicted molar refractivity (Wildman–Crippen MR) is 116 cm³/mol. The van der Waals surface area contributed by atoms with Crippen molar-refractivity contribution < 1.29 is 14.0 Å². The number of benzene rings is 2. The van der Waals surface area contributed by atoms with E-state index in [0.29, 0.717) is 37.8 Å². The zero-order valence-corrected chi connectivity index (χ0v) is 17.7. The fourth-order valence-corrected chi connectivity index (χ4v) is 4.11. The summed E-state index contributed by atoms with van der Waals surface area (Å²) in [5.74, 6) is -0.468. The van der Waals surface area contributed by atoms with Gasteiger partial charge in [-0.3, -0.25) is 9.59 Å². The van der Waals surface area contributed by atoms with Crippen LogP contribution in [-0.2, 0) is 4.79 Å². The van der Waals surface area contributed by atoms with Gasteiger partial charge in [-0.25, -0.2) is 4.39 Å². The normalized spacial score (nSPS) is 20.8. The van der Waals surface area contributed by atoms with Crippen LogP contribution >= 0.6 is 0 Å². The van der Waals surface area contributed by atoms with E-state index in [-0.39, 0.29) is 23.3 Å². The summed E-state index contributed by atoms with van der Waals surface area (Å²) >= 11 is 0. The quantitative estimate of drug-likeness (QED) is 0.831. The first-order valence-electron chi connectivity index (χ1n) is 10.6. The van der Waals surface area contributed by atoms with Gasteiger partial charge in [0, 0.05) is 37.8 Å². The minimum absolute atomic E-state index is 0.0147. The molecule has 0 radical (unpaired) electrons. The molecule has 2 fully saturated rings.